The molecular formula is C36H72N+. The molecular weight excluding hydrogens is 446 g/mol. The molecule has 0 atom stereocenters. The maximum atomic E-state index is 2.26. The van der Waals surface area contributed by atoms with Crippen molar-refractivity contribution < 1.29 is 4.57 Å². The van der Waals surface area contributed by atoms with E-state index < -0.39 is 0 Å². The van der Waals surface area contributed by atoms with Crippen LogP contribution in [0.1, 0.15) is 148 Å². The minimum atomic E-state index is 0. The summed E-state index contributed by atoms with van der Waals surface area (Å²) >= 11 is 0. The Morgan fingerprint density at radius 3 is 1.24 bits per heavy atom. The number of aryl methyl sites for hydroxylation is 3. The molecule has 1 heteroatoms. The van der Waals surface area contributed by atoms with Crippen LogP contribution in [0.25, 0.3) is 0 Å². The van der Waals surface area contributed by atoms with Gasteiger partial charge in [0.15, 0.2) is 12.4 Å². The average Bonchev–Trinajstić information content (AvgIpc) is 2.98. The average molecular weight is 519 g/mol. The summed E-state index contributed by atoms with van der Waals surface area (Å²) in [7, 11) is 0. The van der Waals surface area contributed by atoms with Gasteiger partial charge in [-0.15, -0.1) is 0 Å². The lowest BCUT2D eigenvalue weighted by Crippen LogP contribution is -2.31. The van der Waals surface area contributed by atoms with E-state index in [1.807, 2.05) is 75.3 Å². The van der Waals surface area contributed by atoms with Gasteiger partial charge in [0.25, 0.3) is 0 Å². The molecule has 37 heavy (non-hydrogen) atoms. The summed E-state index contributed by atoms with van der Waals surface area (Å²) in [6, 6.07) is 15.0. The van der Waals surface area contributed by atoms with Gasteiger partial charge in [0.1, 0.15) is 6.54 Å². The highest BCUT2D eigenvalue weighted by molar-refractivity contribution is 5.28. The van der Waals surface area contributed by atoms with Crippen molar-refractivity contribution >= 4 is 0 Å². The van der Waals surface area contributed by atoms with Gasteiger partial charge in [-0.2, -0.15) is 0 Å². The van der Waals surface area contributed by atoms with Crippen molar-refractivity contribution in [2.45, 2.75) is 156 Å². The topological polar surface area (TPSA) is 3.88 Å². The molecule has 0 spiro atoms. The predicted octanol–water partition coefficient (Wildman–Crippen LogP) is 12.5. The van der Waals surface area contributed by atoms with Crippen LogP contribution in [0, 0.1) is 0 Å². The standard InChI is InChI=1S/C10H12.C9H14N.C6H12.5C2H6.CH4/c1-2-6-10-8-4-3-7-9(10)5-1;1-2-3-7-10-8-5-4-6-9-10;1-5(2)6(3)4;5*1-2;/h1-2,5-6H,3-4,7-8H2;4-6,8-9H,2-3,7H2,1H3;1-4H3;5*1-2H3;1H4/q;+1;;;;;;;. The van der Waals surface area contributed by atoms with Gasteiger partial charge in [0.05, 0.1) is 0 Å². The van der Waals surface area contributed by atoms with Crippen molar-refractivity contribution in [3.05, 3.63) is 77.1 Å². The van der Waals surface area contributed by atoms with E-state index in [1.54, 1.807) is 11.1 Å². The molecule has 2 aromatic rings. The van der Waals surface area contributed by atoms with Crippen LogP contribution in [0.5, 0.6) is 0 Å². The number of hydrogen-bond donors (Lipinski definition) is 0. The Morgan fingerprint density at radius 1 is 0.595 bits per heavy atom. The molecule has 0 bridgehead atoms. The van der Waals surface area contributed by atoms with Crippen molar-refractivity contribution in [1.29, 1.82) is 0 Å². The van der Waals surface area contributed by atoms with E-state index in [4.69, 9.17) is 0 Å². The van der Waals surface area contributed by atoms with Crippen LogP contribution in [0.2, 0.25) is 0 Å². The van der Waals surface area contributed by atoms with Gasteiger partial charge < -0.3 is 0 Å². The summed E-state index contributed by atoms with van der Waals surface area (Å²) < 4.78 is 2.21. The number of benzene rings is 1. The Hall–Kier alpha value is -1.89. The summed E-state index contributed by atoms with van der Waals surface area (Å²) in [6.45, 7) is 31.8. The van der Waals surface area contributed by atoms with Gasteiger partial charge in [-0.3, -0.25) is 0 Å². The highest BCUT2D eigenvalue weighted by Crippen LogP contribution is 2.19. The minimum absolute atomic E-state index is 0. The van der Waals surface area contributed by atoms with E-state index in [0.717, 1.165) is 6.54 Å². The SMILES string of the molecule is C.CC.CC.CC.CC.CC.CC(C)=C(C)C.CCCC[n+]1ccccc1.c1ccc2c(c1)CCCC2. The van der Waals surface area contributed by atoms with Gasteiger partial charge in [0, 0.05) is 18.6 Å². The molecule has 0 radical (unpaired) electrons. The predicted molar refractivity (Wildman–Crippen MR) is 178 cm³/mol. The Morgan fingerprint density at radius 2 is 0.946 bits per heavy atom. The number of aromatic nitrogens is 1. The number of rotatable bonds is 3. The first-order chi connectivity index (χ1) is 17.5. The molecule has 1 aliphatic rings. The Kier molecular flexibility index (Phi) is 57.5. The maximum Gasteiger partial charge on any atom is 0.168 e. The molecule has 0 unspecified atom stereocenters. The van der Waals surface area contributed by atoms with E-state index >= 15 is 0 Å². The van der Waals surface area contributed by atoms with E-state index in [2.05, 4.69) is 88.0 Å². The second-order valence-corrected chi connectivity index (χ2v) is 7.44. The summed E-state index contributed by atoms with van der Waals surface area (Å²) in [5, 5.41) is 0. The highest BCUT2D eigenvalue weighted by atomic mass is 14.9. The first kappa shape index (κ1) is 48.2. The number of unbranched alkanes of at least 4 members (excludes halogenated alkanes) is 1. The van der Waals surface area contributed by atoms with E-state index in [1.165, 1.54) is 49.7 Å². The molecule has 1 heterocycles. The Bertz CT molecular complexity index is 598. The summed E-state index contributed by atoms with van der Waals surface area (Å²) in [6.07, 6.45) is 12.1. The fraction of sp³-hybridized carbons (Fsp3) is 0.639. The first-order valence-corrected chi connectivity index (χ1v) is 15.2. The first-order valence-electron chi connectivity index (χ1n) is 15.2. The normalized spacial score (nSPS) is 9.16. The zero-order chi connectivity index (χ0) is 29.2. The summed E-state index contributed by atoms with van der Waals surface area (Å²) in [4.78, 5) is 0. The largest absolute Gasteiger partial charge is 0.205 e. The van der Waals surface area contributed by atoms with Crippen LogP contribution < -0.4 is 4.57 Å². The van der Waals surface area contributed by atoms with Gasteiger partial charge in [-0.05, 0) is 64.5 Å². The van der Waals surface area contributed by atoms with E-state index in [-0.39, 0.29) is 7.43 Å². The Balaban J connectivity index is -0.0000000838. The van der Waals surface area contributed by atoms with Crippen molar-refractivity contribution in [1.82, 2.24) is 0 Å². The monoisotopic (exact) mass is 519 g/mol. The van der Waals surface area contributed by atoms with Crippen molar-refractivity contribution in [2.75, 3.05) is 0 Å². The number of pyridine rings is 1. The number of fused-ring (bicyclic) bond motifs is 1. The van der Waals surface area contributed by atoms with Crippen LogP contribution >= 0.6 is 0 Å². The molecule has 1 aromatic heterocycles. The third-order valence-corrected chi connectivity index (χ3v) is 4.81. The lowest BCUT2D eigenvalue weighted by Gasteiger charge is -2.13. The molecule has 1 aliphatic carbocycles. The smallest absolute Gasteiger partial charge is 0.168 e. The molecule has 220 valence electrons. The van der Waals surface area contributed by atoms with Crippen molar-refractivity contribution in [3.8, 4) is 0 Å². The molecule has 3 rings (SSSR count). The quantitative estimate of drug-likeness (QED) is 0.281. The molecule has 0 fully saturated rings. The lowest BCUT2D eigenvalue weighted by molar-refractivity contribution is -0.697. The third-order valence-electron chi connectivity index (χ3n) is 4.81. The van der Waals surface area contributed by atoms with Gasteiger partial charge in [0.2, 0.25) is 0 Å². The number of hydrogen-bond acceptors (Lipinski definition) is 0. The maximum absolute atomic E-state index is 2.26. The van der Waals surface area contributed by atoms with Crippen LogP contribution in [-0.2, 0) is 19.4 Å². The molecule has 0 N–H and O–H groups in total. The van der Waals surface area contributed by atoms with Crippen LogP contribution in [-0.4, -0.2) is 0 Å². The fourth-order valence-corrected chi connectivity index (χ4v) is 2.60. The second kappa shape index (κ2) is 44.1. The molecule has 1 nitrogen and oxygen atoms in total. The summed E-state index contributed by atoms with van der Waals surface area (Å²) in [5.41, 5.74) is 6.01. The van der Waals surface area contributed by atoms with Gasteiger partial charge in [-0.25, -0.2) is 4.57 Å². The highest BCUT2D eigenvalue weighted by Gasteiger charge is 2.06. The third kappa shape index (κ3) is 34.1. The molecule has 0 saturated heterocycles. The minimum Gasteiger partial charge on any atom is -0.205 e. The van der Waals surface area contributed by atoms with Crippen LogP contribution in [0.3, 0.4) is 0 Å². The van der Waals surface area contributed by atoms with Crippen molar-refractivity contribution in [2.24, 2.45) is 0 Å². The van der Waals surface area contributed by atoms with Crippen molar-refractivity contribution in [3.63, 3.8) is 0 Å². The molecule has 0 amide bonds. The number of nitrogens with zero attached hydrogens (tertiary/aromatic N) is 1. The Labute approximate surface area is 237 Å². The van der Waals surface area contributed by atoms with Gasteiger partial charge in [-0.1, -0.05) is 131 Å². The fourth-order valence-electron chi connectivity index (χ4n) is 2.60. The van der Waals surface area contributed by atoms with E-state index in [0.29, 0.717) is 0 Å². The molecule has 0 aliphatic heterocycles. The zero-order valence-corrected chi connectivity index (χ0v) is 27.6. The van der Waals surface area contributed by atoms with Crippen LogP contribution in [0.15, 0.2) is 66.0 Å². The second-order valence-electron chi connectivity index (χ2n) is 7.44. The summed E-state index contributed by atoms with van der Waals surface area (Å²) in [5.74, 6) is 0. The van der Waals surface area contributed by atoms with Crippen LogP contribution in [0.4, 0.5) is 0 Å². The molecule has 1 aromatic carbocycles. The lowest BCUT2D eigenvalue weighted by atomic mass is 9.92. The zero-order valence-electron chi connectivity index (χ0n) is 27.6. The number of allylic oxidation sites excluding steroid dienone is 2. The van der Waals surface area contributed by atoms with E-state index in [9.17, 15) is 0 Å². The van der Waals surface area contributed by atoms with Gasteiger partial charge >= 0.3 is 0 Å². The molecule has 0 saturated carbocycles.